The van der Waals surface area contributed by atoms with Crippen molar-refractivity contribution >= 4 is 20.4 Å². The molecule has 0 bridgehead atoms. The van der Waals surface area contributed by atoms with Gasteiger partial charge in [0.25, 0.3) is 7.37 Å². The van der Waals surface area contributed by atoms with Gasteiger partial charge < -0.3 is 20.0 Å². The summed E-state index contributed by atoms with van der Waals surface area (Å²) >= 11 is 0. The molecule has 0 amide bonds. The van der Waals surface area contributed by atoms with Crippen molar-refractivity contribution in [2.24, 2.45) is 5.73 Å². The van der Waals surface area contributed by atoms with Crippen LogP contribution in [0.15, 0.2) is 24.4 Å². The summed E-state index contributed by atoms with van der Waals surface area (Å²) in [7, 11) is -8.60. The van der Waals surface area contributed by atoms with Gasteiger partial charge in [-0.3, -0.25) is 14.1 Å². The normalized spacial score (nSPS) is 17.4. The molecule has 1 heterocycles. The van der Waals surface area contributed by atoms with Gasteiger partial charge in [0.2, 0.25) is 0 Å². The Morgan fingerprint density at radius 1 is 1.47 bits per heavy atom. The van der Waals surface area contributed by atoms with Crippen molar-refractivity contribution in [1.82, 2.24) is 4.98 Å². The molecule has 0 aliphatic rings. The predicted molar refractivity (Wildman–Crippen MR) is 63.1 cm³/mol. The van der Waals surface area contributed by atoms with Crippen LogP contribution < -0.4 is 11.2 Å². The third-order valence-electron chi connectivity index (χ3n) is 1.98. The molecule has 0 aromatic carbocycles. The Morgan fingerprint density at radius 2 is 2.12 bits per heavy atom. The van der Waals surface area contributed by atoms with E-state index < -0.39 is 20.5 Å². The van der Waals surface area contributed by atoms with Crippen molar-refractivity contribution in [3.63, 3.8) is 0 Å². The average molecular weight is 280 g/mol. The smallest absolute Gasteiger partial charge is 0.323 e. The molecule has 1 aromatic rings. The van der Waals surface area contributed by atoms with Crippen LogP contribution in [0.3, 0.4) is 0 Å². The molecular formula is C8H14N2O5P2. The van der Waals surface area contributed by atoms with Gasteiger partial charge >= 0.3 is 7.60 Å². The molecule has 17 heavy (non-hydrogen) atoms. The van der Waals surface area contributed by atoms with Gasteiger partial charge in [-0.05, 0) is 19.1 Å². The van der Waals surface area contributed by atoms with Gasteiger partial charge in [-0.25, -0.2) is 0 Å². The highest BCUT2D eigenvalue weighted by Gasteiger charge is 2.45. The molecule has 2 atom stereocenters. The Hall–Kier alpha value is -0.550. The summed E-state index contributed by atoms with van der Waals surface area (Å²) in [6, 6.07) is 4.50. The van der Waals surface area contributed by atoms with Gasteiger partial charge in [-0.2, -0.15) is 0 Å². The van der Waals surface area contributed by atoms with Crippen molar-refractivity contribution < 1.29 is 23.4 Å². The fourth-order valence-electron chi connectivity index (χ4n) is 1.21. The topological polar surface area (TPSA) is 123 Å². The second-order valence-corrected chi connectivity index (χ2v) is 7.81. The zero-order valence-corrected chi connectivity index (χ0v) is 10.9. The van der Waals surface area contributed by atoms with Crippen LogP contribution in [0, 0.1) is 0 Å². The number of rotatable bonds is 5. The van der Waals surface area contributed by atoms with E-state index in [4.69, 9.17) is 20.0 Å². The molecule has 0 aliphatic heterocycles. The lowest BCUT2D eigenvalue weighted by molar-refractivity contribution is 0.326. The summed E-state index contributed by atoms with van der Waals surface area (Å²) in [6.45, 7) is 1.57. The number of hydrogen-bond donors (Lipinski definition) is 3. The predicted octanol–water partition coefficient (Wildman–Crippen LogP) is 0.441. The maximum Gasteiger partial charge on any atom is 0.352 e. The first-order chi connectivity index (χ1) is 7.82. The SMILES string of the molecule is CCOP(=O)(c1ccccn1)C(N)P(=O)(O)O. The summed E-state index contributed by atoms with van der Waals surface area (Å²) < 4.78 is 28.6. The van der Waals surface area contributed by atoms with Crippen LogP contribution in [-0.2, 0) is 13.7 Å². The molecule has 0 saturated carbocycles. The molecule has 7 nitrogen and oxygen atoms in total. The van der Waals surface area contributed by atoms with Crippen LogP contribution in [0.2, 0.25) is 0 Å². The number of nitrogens with zero attached hydrogens (tertiary/aromatic N) is 1. The van der Waals surface area contributed by atoms with Crippen LogP contribution in [0.25, 0.3) is 0 Å². The minimum atomic E-state index is -4.72. The summed E-state index contributed by atoms with van der Waals surface area (Å²) in [5.74, 6) is 0. The molecule has 0 radical (unpaired) electrons. The first kappa shape index (κ1) is 14.5. The highest BCUT2D eigenvalue weighted by molar-refractivity contribution is 7.78. The lowest BCUT2D eigenvalue weighted by Gasteiger charge is -2.23. The van der Waals surface area contributed by atoms with E-state index in [9.17, 15) is 9.13 Å². The van der Waals surface area contributed by atoms with E-state index in [1.54, 1.807) is 19.1 Å². The first-order valence-electron chi connectivity index (χ1n) is 4.79. The zero-order chi connectivity index (χ0) is 13.1. The summed E-state index contributed by atoms with van der Waals surface area (Å²) in [5, 5.41) is 0. The molecule has 0 spiro atoms. The molecule has 9 heteroatoms. The van der Waals surface area contributed by atoms with Crippen molar-refractivity contribution in [2.45, 2.75) is 12.4 Å². The highest BCUT2D eigenvalue weighted by Crippen LogP contribution is 2.61. The van der Waals surface area contributed by atoms with Crippen LogP contribution in [0.1, 0.15) is 6.92 Å². The number of aromatic nitrogens is 1. The van der Waals surface area contributed by atoms with E-state index in [1.807, 2.05) is 0 Å². The minimum Gasteiger partial charge on any atom is -0.323 e. The minimum absolute atomic E-state index is 0.0154. The summed E-state index contributed by atoms with van der Waals surface area (Å²) in [4.78, 5) is 21.8. The summed E-state index contributed by atoms with van der Waals surface area (Å²) in [6.07, 6.45) is 1.35. The van der Waals surface area contributed by atoms with E-state index >= 15 is 0 Å². The molecule has 4 N–H and O–H groups in total. The van der Waals surface area contributed by atoms with Crippen molar-refractivity contribution in [3.05, 3.63) is 24.4 Å². The molecule has 0 saturated heterocycles. The van der Waals surface area contributed by atoms with E-state index in [0.717, 1.165) is 0 Å². The molecule has 0 aliphatic carbocycles. The first-order valence-corrected chi connectivity index (χ1v) is 8.16. The lowest BCUT2D eigenvalue weighted by atomic mass is 10.5. The largest absolute Gasteiger partial charge is 0.352 e. The number of pyridine rings is 1. The van der Waals surface area contributed by atoms with Gasteiger partial charge in [-0.15, -0.1) is 0 Å². The molecule has 96 valence electrons. The quantitative estimate of drug-likeness (QED) is 0.669. The maximum atomic E-state index is 12.5. The van der Waals surface area contributed by atoms with Crippen LogP contribution in [0.5, 0.6) is 0 Å². The second-order valence-electron chi connectivity index (χ2n) is 3.21. The molecular weight excluding hydrogens is 266 g/mol. The Bertz CT molecular complexity index is 460. The van der Waals surface area contributed by atoms with E-state index in [2.05, 4.69) is 4.98 Å². The molecule has 1 rings (SSSR count). The van der Waals surface area contributed by atoms with Gasteiger partial charge in [-0.1, -0.05) is 6.07 Å². The van der Waals surface area contributed by atoms with Gasteiger partial charge in [0.1, 0.15) is 5.44 Å². The summed E-state index contributed by atoms with van der Waals surface area (Å²) in [5.41, 5.74) is 3.41. The van der Waals surface area contributed by atoms with Gasteiger partial charge in [0.15, 0.2) is 5.52 Å². The number of hydrogen-bond acceptors (Lipinski definition) is 5. The van der Waals surface area contributed by atoms with Crippen LogP contribution in [-0.4, -0.2) is 26.9 Å². The van der Waals surface area contributed by atoms with Gasteiger partial charge in [0.05, 0.1) is 6.61 Å². The maximum absolute atomic E-state index is 12.5. The fourth-order valence-corrected chi connectivity index (χ4v) is 4.81. The fraction of sp³-hybridized carbons (Fsp3) is 0.375. The third-order valence-corrected chi connectivity index (χ3v) is 6.73. The van der Waals surface area contributed by atoms with Gasteiger partial charge in [0, 0.05) is 6.20 Å². The van der Waals surface area contributed by atoms with E-state index in [0.29, 0.717) is 0 Å². The van der Waals surface area contributed by atoms with Crippen molar-refractivity contribution in [3.8, 4) is 0 Å². The average Bonchev–Trinajstić information content (AvgIpc) is 2.28. The standard InChI is InChI=1S/C8H14N2O5P2/c1-2-15-16(11,8(9)17(12,13)14)7-5-3-4-6-10-7/h3-6,8H,2,9H2,1H3,(H2,12,13,14). The Morgan fingerprint density at radius 3 is 2.53 bits per heavy atom. The van der Waals surface area contributed by atoms with Crippen molar-refractivity contribution in [2.75, 3.05) is 6.61 Å². The lowest BCUT2D eigenvalue weighted by Crippen LogP contribution is -2.28. The monoisotopic (exact) mass is 280 g/mol. The molecule has 0 fully saturated rings. The third kappa shape index (κ3) is 3.22. The zero-order valence-electron chi connectivity index (χ0n) is 9.13. The van der Waals surface area contributed by atoms with Crippen LogP contribution >= 0.6 is 15.0 Å². The van der Waals surface area contributed by atoms with Crippen LogP contribution in [0.4, 0.5) is 0 Å². The molecule has 1 aromatic heterocycles. The van der Waals surface area contributed by atoms with E-state index in [1.165, 1.54) is 12.3 Å². The Kier molecular flexibility index (Phi) is 4.61. The van der Waals surface area contributed by atoms with E-state index in [-0.39, 0.29) is 12.0 Å². The van der Waals surface area contributed by atoms with Crippen molar-refractivity contribution in [1.29, 1.82) is 0 Å². The second kappa shape index (κ2) is 5.40. The Labute approximate surface area is 98.6 Å². The number of nitrogens with two attached hydrogens (primary N) is 1. The molecule has 2 unspecified atom stereocenters. The highest BCUT2D eigenvalue weighted by atomic mass is 31.2. The Balaban J connectivity index is 3.25.